The summed E-state index contributed by atoms with van der Waals surface area (Å²) >= 11 is 0. The average molecular weight is 321 g/mol. The minimum absolute atomic E-state index is 0.0112. The molecule has 0 radical (unpaired) electrons. The molecule has 0 aliphatic carbocycles. The number of likely N-dealkylation sites (tertiary alicyclic amines) is 1. The molecule has 1 fully saturated rings. The molecule has 1 aliphatic rings. The topological polar surface area (TPSA) is 90.1 Å². The summed E-state index contributed by atoms with van der Waals surface area (Å²) in [7, 11) is 0. The molecular formula is C16H27N5O2. The number of hydrogen-bond donors (Lipinski definition) is 3. The van der Waals surface area contributed by atoms with Crippen molar-refractivity contribution in [2.24, 2.45) is 0 Å². The van der Waals surface area contributed by atoms with Crippen molar-refractivity contribution in [3.63, 3.8) is 0 Å². The van der Waals surface area contributed by atoms with E-state index < -0.39 is 0 Å². The van der Waals surface area contributed by atoms with Gasteiger partial charge < -0.3 is 15.5 Å². The Labute approximate surface area is 137 Å². The minimum Gasteiger partial charge on any atom is -0.350 e. The van der Waals surface area contributed by atoms with Crippen molar-refractivity contribution in [2.75, 3.05) is 13.1 Å². The summed E-state index contributed by atoms with van der Waals surface area (Å²) in [5.41, 5.74) is 2.72. The van der Waals surface area contributed by atoms with Crippen LogP contribution in [-0.2, 0) is 4.79 Å². The number of nitrogens with zero attached hydrogens (tertiary/aromatic N) is 2. The van der Waals surface area contributed by atoms with Crippen LogP contribution in [0, 0.1) is 13.8 Å². The smallest absolute Gasteiger partial charge is 0.318 e. The summed E-state index contributed by atoms with van der Waals surface area (Å²) < 4.78 is 0. The van der Waals surface area contributed by atoms with Crippen LogP contribution in [-0.4, -0.2) is 45.7 Å². The van der Waals surface area contributed by atoms with Gasteiger partial charge in [0.25, 0.3) is 0 Å². The lowest BCUT2D eigenvalue weighted by atomic mass is 10.0. The molecular weight excluding hydrogens is 294 g/mol. The Morgan fingerprint density at radius 1 is 1.35 bits per heavy atom. The van der Waals surface area contributed by atoms with Crippen LogP contribution in [0.5, 0.6) is 0 Å². The van der Waals surface area contributed by atoms with Crippen molar-refractivity contribution in [1.82, 2.24) is 25.7 Å². The maximum absolute atomic E-state index is 12.4. The Kier molecular flexibility index (Phi) is 4.97. The van der Waals surface area contributed by atoms with Gasteiger partial charge >= 0.3 is 6.03 Å². The van der Waals surface area contributed by atoms with Crippen molar-refractivity contribution in [3.8, 4) is 0 Å². The van der Waals surface area contributed by atoms with E-state index in [1.807, 2.05) is 34.6 Å². The van der Waals surface area contributed by atoms with Gasteiger partial charge in [-0.1, -0.05) is 0 Å². The van der Waals surface area contributed by atoms with E-state index in [2.05, 4.69) is 20.8 Å². The number of nitrogens with one attached hydrogen (secondary N) is 3. The third kappa shape index (κ3) is 4.24. The van der Waals surface area contributed by atoms with Gasteiger partial charge in [0, 0.05) is 23.3 Å². The number of carbonyl (C=O) groups excluding carboxylic acids is 2. The summed E-state index contributed by atoms with van der Waals surface area (Å²) in [5, 5.41) is 12.8. The van der Waals surface area contributed by atoms with E-state index in [0.29, 0.717) is 6.54 Å². The molecule has 0 saturated carbocycles. The molecule has 1 aliphatic heterocycles. The summed E-state index contributed by atoms with van der Waals surface area (Å²) in [6.45, 7) is 10.3. The highest BCUT2D eigenvalue weighted by Gasteiger charge is 2.33. The van der Waals surface area contributed by atoms with Gasteiger partial charge in [-0.3, -0.25) is 9.89 Å². The van der Waals surface area contributed by atoms with E-state index >= 15 is 0 Å². The van der Waals surface area contributed by atoms with Crippen molar-refractivity contribution in [2.45, 2.75) is 59.0 Å². The molecule has 0 spiro atoms. The number of amides is 3. The highest BCUT2D eigenvalue weighted by atomic mass is 16.2. The van der Waals surface area contributed by atoms with Crippen LogP contribution in [0.2, 0.25) is 0 Å². The number of aromatic nitrogens is 2. The third-order valence-corrected chi connectivity index (χ3v) is 3.95. The summed E-state index contributed by atoms with van der Waals surface area (Å²) in [6, 6.07) is -0.170. The maximum Gasteiger partial charge on any atom is 0.318 e. The number of aromatic amines is 1. The van der Waals surface area contributed by atoms with Crippen LogP contribution < -0.4 is 10.6 Å². The molecule has 1 aromatic heterocycles. The van der Waals surface area contributed by atoms with Gasteiger partial charge in [-0.15, -0.1) is 0 Å². The zero-order chi connectivity index (χ0) is 17.2. The molecule has 1 aromatic rings. The lowest BCUT2D eigenvalue weighted by Crippen LogP contribution is -2.48. The van der Waals surface area contributed by atoms with Gasteiger partial charge in [0.15, 0.2) is 0 Å². The first-order chi connectivity index (χ1) is 10.7. The van der Waals surface area contributed by atoms with Crippen LogP contribution in [0.1, 0.15) is 56.6 Å². The van der Waals surface area contributed by atoms with E-state index in [4.69, 9.17) is 0 Å². The predicted octanol–water partition coefficient (Wildman–Crippen LogP) is 1.79. The number of carbonyl (C=O) groups is 2. The van der Waals surface area contributed by atoms with E-state index in [1.165, 1.54) is 0 Å². The largest absolute Gasteiger partial charge is 0.350 e. The Morgan fingerprint density at radius 2 is 2.04 bits per heavy atom. The first kappa shape index (κ1) is 17.3. The molecule has 2 heterocycles. The Balaban J connectivity index is 1.98. The summed E-state index contributed by atoms with van der Waals surface area (Å²) in [5.74, 6) is -0.183. The normalized spacial score (nSPS) is 18.1. The third-order valence-electron chi connectivity index (χ3n) is 3.95. The average Bonchev–Trinajstić information content (AvgIpc) is 3.01. The lowest BCUT2D eigenvalue weighted by molar-refractivity contribution is -0.121. The second-order valence-corrected chi connectivity index (χ2v) is 7.16. The fraction of sp³-hybridized carbons (Fsp3) is 0.688. The molecule has 1 saturated heterocycles. The van der Waals surface area contributed by atoms with Crippen molar-refractivity contribution in [1.29, 1.82) is 0 Å². The van der Waals surface area contributed by atoms with E-state index in [0.717, 1.165) is 29.8 Å². The standard InChI is InChI=1S/C16H27N5O2/c1-10-14(11(2)20-19-10)12-7-6-8-21(12)15(23)17-9-13(22)18-16(3,4)5/h12H,6-9H2,1-5H3,(H,17,23)(H,18,22)(H,19,20)/t12-/m0/s1. The number of H-pyrrole nitrogens is 1. The first-order valence-electron chi connectivity index (χ1n) is 8.06. The zero-order valence-corrected chi connectivity index (χ0v) is 14.6. The Bertz CT molecular complexity index is 568. The van der Waals surface area contributed by atoms with Crippen LogP contribution in [0.3, 0.4) is 0 Å². The van der Waals surface area contributed by atoms with Crippen LogP contribution >= 0.6 is 0 Å². The Hall–Kier alpha value is -2.05. The molecule has 1 atom stereocenters. The fourth-order valence-electron chi connectivity index (χ4n) is 3.08. The van der Waals surface area contributed by atoms with Gasteiger partial charge in [0.2, 0.25) is 5.91 Å². The first-order valence-corrected chi connectivity index (χ1v) is 8.06. The lowest BCUT2D eigenvalue weighted by Gasteiger charge is -2.26. The van der Waals surface area contributed by atoms with Crippen LogP contribution in [0.4, 0.5) is 4.79 Å². The van der Waals surface area contributed by atoms with Crippen molar-refractivity contribution < 1.29 is 9.59 Å². The van der Waals surface area contributed by atoms with Gasteiger partial charge in [-0.25, -0.2) is 4.79 Å². The second kappa shape index (κ2) is 6.60. The number of hydrogen-bond acceptors (Lipinski definition) is 3. The van der Waals surface area contributed by atoms with Gasteiger partial charge in [0.1, 0.15) is 0 Å². The monoisotopic (exact) mass is 321 g/mol. The summed E-state index contributed by atoms with van der Waals surface area (Å²) in [4.78, 5) is 26.1. The predicted molar refractivity (Wildman–Crippen MR) is 88.0 cm³/mol. The fourth-order valence-corrected chi connectivity index (χ4v) is 3.08. The Morgan fingerprint density at radius 3 is 2.61 bits per heavy atom. The van der Waals surface area contributed by atoms with Crippen LogP contribution in [0.25, 0.3) is 0 Å². The second-order valence-electron chi connectivity index (χ2n) is 7.16. The zero-order valence-electron chi connectivity index (χ0n) is 14.6. The maximum atomic E-state index is 12.4. The van der Waals surface area contributed by atoms with Gasteiger partial charge in [-0.05, 0) is 47.5 Å². The van der Waals surface area contributed by atoms with Gasteiger partial charge in [0.05, 0.1) is 18.3 Å². The molecule has 128 valence electrons. The van der Waals surface area contributed by atoms with E-state index in [1.54, 1.807) is 4.90 Å². The van der Waals surface area contributed by atoms with Crippen molar-refractivity contribution >= 4 is 11.9 Å². The highest BCUT2D eigenvalue weighted by Crippen LogP contribution is 2.34. The summed E-state index contributed by atoms with van der Waals surface area (Å²) in [6.07, 6.45) is 1.87. The van der Waals surface area contributed by atoms with Crippen molar-refractivity contribution in [3.05, 3.63) is 17.0 Å². The SMILES string of the molecule is Cc1n[nH]c(C)c1[C@@H]1CCCN1C(=O)NCC(=O)NC(C)(C)C. The minimum atomic E-state index is -0.303. The molecule has 0 aromatic carbocycles. The highest BCUT2D eigenvalue weighted by molar-refractivity contribution is 5.84. The van der Waals surface area contributed by atoms with E-state index in [9.17, 15) is 9.59 Å². The van der Waals surface area contributed by atoms with Crippen LogP contribution in [0.15, 0.2) is 0 Å². The molecule has 7 nitrogen and oxygen atoms in total. The number of rotatable bonds is 3. The van der Waals surface area contributed by atoms with E-state index in [-0.39, 0.29) is 30.1 Å². The molecule has 3 amide bonds. The molecule has 7 heteroatoms. The van der Waals surface area contributed by atoms with Gasteiger partial charge in [-0.2, -0.15) is 5.10 Å². The molecule has 0 bridgehead atoms. The quantitative estimate of drug-likeness (QED) is 0.793. The number of urea groups is 1. The molecule has 2 rings (SSSR count). The number of aryl methyl sites for hydroxylation is 2. The molecule has 0 unspecified atom stereocenters. The molecule has 23 heavy (non-hydrogen) atoms. The molecule has 3 N–H and O–H groups in total.